The summed E-state index contributed by atoms with van der Waals surface area (Å²) in [5.74, 6) is 0.282. The lowest BCUT2D eigenvalue weighted by molar-refractivity contribution is 0.0653. The zero-order valence-corrected chi connectivity index (χ0v) is 23.2. The van der Waals surface area contributed by atoms with Crippen LogP contribution in [0, 0.1) is 0 Å². The van der Waals surface area contributed by atoms with Gasteiger partial charge in [0.05, 0.1) is 41.2 Å². The predicted octanol–water partition coefficient (Wildman–Crippen LogP) is 4.78. The molecule has 1 fully saturated rings. The normalized spacial score (nSPS) is 17.5. The van der Waals surface area contributed by atoms with Gasteiger partial charge in [0.15, 0.2) is 0 Å². The van der Waals surface area contributed by atoms with Gasteiger partial charge in [-0.25, -0.2) is 9.55 Å². The molecule has 1 saturated heterocycles. The molecule has 10 heteroatoms. The Hall–Kier alpha value is -3.07. The molecule has 5 rings (SSSR count). The minimum absolute atomic E-state index is 0.0512. The summed E-state index contributed by atoms with van der Waals surface area (Å²) in [5.41, 5.74) is 3.40. The number of morpholine rings is 1. The molecule has 0 bridgehead atoms. The van der Waals surface area contributed by atoms with Crippen molar-refractivity contribution in [3.63, 3.8) is 0 Å². The third-order valence-electron chi connectivity index (χ3n) is 6.94. The first-order valence-corrected chi connectivity index (χ1v) is 13.6. The van der Waals surface area contributed by atoms with Crippen LogP contribution in [0.4, 0.5) is 11.6 Å². The van der Waals surface area contributed by atoms with Crippen molar-refractivity contribution in [1.82, 2.24) is 14.5 Å². The van der Waals surface area contributed by atoms with E-state index in [2.05, 4.69) is 10.2 Å². The summed E-state index contributed by atoms with van der Waals surface area (Å²) in [6, 6.07) is 12.7. The van der Waals surface area contributed by atoms with Gasteiger partial charge in [-0.1, -0.05) is 23.2 Å². The number of amides is 1. The first-order valence-electron chi connectivity index (χ1n) is 12.8. The number of carbonyl (C=O) groups excluding carboxylic acids is 1. The molecule has 3 aromatic rings. The summed E-state index contributed by atoms with van der Waals surface area (Å²) in [6.07, 6.45) is 0.405. The Morgan fingerprint density at radius 1 is 1.05 bits per heavy atom. The smallest absolute Gasteiger partial charge is 0.263 e. The third-order valence-corrected chi connectivity index (χ3v) is 7.68. The molecule has 1 aromatic heterocycles. The lowest BCUT2D eigenvalue weighted by Crippen LogP contribution is -2.46. The van der Waals surface area contributed by atoms with Crippen LogP contribution in [0.1, 0.15) is 42.4 Å². The summed E-state index contributed by atoms with van der Waals surface area (Å²) in [7, 11) is 0. The number of hydrogen-bond donors (Lipinski definition) is 1. The first kappa shape index (κ1) is 26.5. The highest BCUT2D eigenvalue weighted by Crippen LogP contribution is 2.28. The highest BCUT2D eigenvalue weighted by atomic mass is 35.5. The number of ether oxygens (including phenoxy) is 1. The number of benzene rings is 2. The van der Waals surface area contributed by atoms with Crippen LogP contribution < -0.4 is 15.8 Å². The molecule has 38 heavy (non-hydrogen) atoms. The van der Waals surface area contributed by atoms with E-state index in [1.807, 2.05) is 45.0 Å². The van der Waals surface area contributed by atoms with Crippen LogP contribution in [0.3, 0.4) is 0 Å². The fraction of sp³-hybridized carbons (Fsp3) is 0.393. The third kappa shape index (κ3) is 5.25. The molecule has 0 unspecified atom stereocenters. The van der Waals surface area contributed by atoms with Gasteiger partial charge in [0, 0.05) is 42.0 Å². The SMILES string of the molecule is CC(C)Nc1nc2c(c(=O)n1-c1ccc(N3CCOCC3)cc1)C[C@@H](C)N(C(=O)c1ccc(Cl)c(Cl)c1)C2. The van der Waals surface area contributed by atoms with Crippen LogP contribution in [0.15, 0.2) is 47.3 Å². The van der Waals surface area contributed by atoms with E-state index >= 15 is 0 Å². The summed E-state index contributed by atoms with van der Waals surface area (Å²) < 4.78 is 7.11. The van der Waals surface area contributed by atoms with Crippen LogP contribution in [-0.2, 0) is 17.7 Å². The minimum atomic E-state index is -0.194. The quantitative estimate of drug-likeness (QED) is 0.487. The van der Waals surface area contributed by atoms with Gasteiger partial charge in [-0.05, 0) is 69.7 Å². The fourth-order valence-corrected chi connectivity index (χ4v) is 5.25. The largest absolute Gasteiger partial charge is 0.378 e. The first-order chi connectivity index (χ1) is 18.2. The van der Waals surface area contributed by atoms with Crippen LogP contribution in [0.2, 0.25) is 10.0 Å². The molecule has 2 aliphatic heterocycles. The van der Waals surface area contributed by atoms with Gasteiger partial charge < -0.3 is 19.9 Å². The van der Waals surface area contributed by atoms with Crippen molar-refractivity contribution in [3.8, 4) is 5.69 Å². The average Bonchev–Trinajstić information content (AvgIpc) is 2.90. The van der Waals surface area contributed by atoms with Crippen molar-refractivity contribution in [2.75, 3.05) is 36.5 Å². The predicted molar refractivity (Wildman–Crippen MR) is 151 cm³/mol. The number of nitrogens with one attached hydrogen (secondary N) is 1. The molecule has 1 atom stereocenters. The van der Waals surface area contributed by atoms with Crippen LogP contribution in [-0.4, -0.2) is 58.7 Å². The molecule has 1 N–H and O–H groups in total. The molecule has 0 aliphatic carbocycles. The van der Waals surface area contributed by atoms with Gasteiger partial charge in [0.2, 0.25) is 5.95 Å². The minimum Gasteiger partial charge on any atom is -0.378 e. The zero-order valence-electron chi connectivity index (χ0n) is 21.7. The van der Waals surface area contributed by atoms with Gasteiger partial charge in [-0.3, -0.25) is 9.59 Å². The molecule has 0 radical (unpaired) electrons. The second-order valence-corrected chi connectivity index (χ2v) is 10.8. The van der Waals surface area contributed by atoms with Gasteiger partial charge in [0.1, 0.15) is 0 Å². The topological polar surface area (TPSA) is 79.7 Å². The molecule has 8 nitrogen and oxygen atoms in total. The van der Waals surface area contributed by atoms with E-state index in [0.717, 1.165) is 24.5 Å². The number of hydrogen-bond acceptors (Lipinski definition) is 6. The van der Waals surface area contributed by atoms with E-state index in [0.29, 0.717) is 52.4 Å². The highest BCUT2D eigenvalue weighted by molar-refractivity contribution is 6.42. The lowest BCUT2D eigenvalue weighted by Gasteiger charge is -2.35. The molecular weight excluding hydrogens is 525 g/mol. The van der Waals surface area contributed by atoms with Crippen molar-refractivity contribution < 1.29 is 9.53 Å². The molecule has 0 saturated carbocycles. The van der Waals surface area contributed by atoms with Crippen LogP contribution in [0.25, 0.3) is 5.69 Å². The van der Waals surface area contributed by atoms with E-state index in [-0.39, 0.29) is 30.1 Å². The molecule has 200 valence electrons. The van der Waals surface area contributed by atoms with Crippen molar-refractivity contribution >= 4 is 40.7 Å². The maximum atomic E-state index is 13.9. The van der Waals surface area contributed by atoms with E-state index in [4.69, 9.17) is 32.9 Å². The highest BCUT2D eigenvalue weighted by Gasteiger charge is 2.32. The molecular formula is C28H31Cl2N5O3. The lowest BCUT2D eigenvalue weighted by atomic mass is 9.98. The number of rotatable bonds is 5. The molecule has 2 aliphatic rings. The summed E-state index contributed by atoms with van der Waals surface area (Å²) in [6.45, 7) is 9.28. The second kappa shape index (κ2) is 11.0. The monoisotopic (exact) mass is 555 g/mol. The second-order valence-electron chi connectivity index (χ2n) is 10.0. The Morgan fingerprint density at radius 3 is 2.39 bits per heavy atom. The average molecular weight is 556 g/mol. The zero-order chi connectivity index (χ0) is 27.0. The molecule has 2 aromatic carbocycles. The molecule has 1 amide bonds. The fourth-order valence-electron chi connectivity index (χ4n) is 4.95. The summed E-state index contributed by atoms with van der Waals surface area (Å²) >= 11 is 12.2. The van der Waals surface area contributed by atoms with Crippen molar-refractivity contribution in [1.29, 1.82) is 0 Å². The number of carbonyl (C=O) groups is 1. The van der Waals surface area contributed by atoms with Gasteiger partial charge in [0.25, 0.3) is 11.5 Å². The van der Waals surface area contributed by atoms with Gasteiger partial charge in [-0.15, -0.1) is 0 Å². The molecule has 3 heterocycles. The number of nitrogens with zero attached hydrogens (tertiary/aromatic N) is 4. The Kier molecular flexibility index (Phi) is 7.66. The number of halogens is 2. The summed E-state index contributed by atoms with van der Waals surface area (Å²) in [5, 5.41) is 4.05. The van der Waals surface area contributed by atoms with Crippen LogP contribution in [0.5, 0.6) is 0 Å². The maximum Gasteiger partial charge on any atom is 0.263 e. The van der Waals surface area contributed by atoms with E-state index in [9.17, 15) is 9.59 Å². The Labute approximate surface area is 232 Å². The van der Waals surface area contributed by atoms with Crippen molar-refractivity contribution in [3.05, 3.63) is 79.7 Å². The van der Waals surface area contributed by atoms with Crippen molar-refractivity contribution in [2.24, 2.45) is 0 Å². The van der Waals surface area contributed by atoms with E-state index in [1.54, 1.807) is 27.7 Å². The summed E-state index contributed by atoms with van der Waals surface area (Å²) in [4.78, 5) is 36.1. The van der Waals surface area contributed by atoms with Crippen LogP contribution >= 0.6 is 23.2 Å². The van der Waals surface area contributed by atoms with Crippen molar-refractivity contribution in [2.45, 2.75) is 45.8 Å². The maximum absolute atomic E-state index is 13.9. The van der Waals surface area contributed by atoms with Gasteiger partial charge in [-0.2, -0.15) is 0 Å². The van der Waals surface area contributed by atoms with E-state index in [1.165, 1.54) is 0 Å². The Bertz CT molecular complexity index is 1400. The van der Waals surface area contributed by atoms with Gasteiger partial charge >= 0.3 is 0 Å². The number of anilines is 2. The number of aromatic nitrogens is 2. The Balaban J connectivity index is 1.50. The molecule has 0 spiro atoms. The Morgan fingerprint density at radius 2 is 1.74 bits per heavy atom. The van der Waals surface area contributed by atoms with E-state index < -0.39 is 0 Å². The number of fused-ring (bicyclic) bond motifs is 1. The standard InChI is InChI=1S/C28H31Cl2N5O3/c1-17(2)31-28-32-25-16-34(26(36)19-4-9-23(29)24(30)15-19)18(3)14-22(25)27(37)35(28)21-7-5-20(6-8-21)33-10-12-38-13-11-33/h4-9,15,17-18H,10-14,16H2,1-3H3,(H,31,32)/t18-/m1/s1.